The van der Waals surface area contributed by atoms with Crippen molar-refractivity contribution in [3.8, 4) is 17.1 Å². The van der Waals surface area contributed by atoms with Gasteiger partial charge in [-0.25, -0.2) is 4.98 Å². The van der Waals surface area contributed by atoms with Crippen molar-refractivity contribution in [1.82, 2.24) is 9.88 Å². The monoisotopic (exact) mass is 354 g/mol. The van der Waals surface area contributed by atoms with Crippen LogP contribution in [0.5, 0.6) is 5.88 Å². The molecule has 0 saturated carbocycles. The number of likely N-dealkylation sites (tertiary alicyclic amines) is 1. The minimum Gasteiger partial charge on any atom is -0.473 e. The molecule has 1 atom stereocenters. The second kappa shape index (κ2) is 7.74. The largest absolute Gasteiger partial charge is 0.473 e. The van der Waals surface area contributed by atoms with Crippen molar-refractivity contribution in [3.63, 3.8) is 0 Å². The molecule has 0 amide bonds. The summed E-state index contributed by atoms with van der Waals surface area (Å²) in [6.07, 6.45) is 0.998. The van der Waals surface area contributed by atoms with Crippen LogP contribution in [-0.2, 0) is 9.47 Å². The molecular weight excluding hydrogens is 328 g/mol. The minimum absolute atomic E-state index is 0.215. The summed E-state index contributed by atoms with van der Waals surface area (Å²) in [6.45, 7) is 7.80. The number of rotatable bonds is 5. The summed E-state index contributed by atoms with van der Waals surface area (Å²) in [7, 11) is 0. The predicted molar refractivity (Wildman–Crippen MR) is 100 cm³/mol. The molecule has 1 aromatic carbocycles. The Morgan fingerprint density at radius 3 is 2.69 bits per heavy atom. The van der Waals surface area contributed by atoms with Crippen molar-refractivity contribution in [1.29, 1.82) is 0 Å². The zero-order valence-electron chi connectivity index (χ0n) is 15.4. The van der Waals surface area contributed by atoms with E-state index in [9.17, 15) is 0 Å². The van der Waals surface area contributed by atoms with Gasteiger partial charge in [-0.1, -0.05) is 24.3 Å². The van der Waals surface area contributed by atoms with Gasteiger partial charge in [0.25, 0.3) is 0 Å². The Morgan fingerprint density at radius 1 is 1.12 bits per heavy atom. The maximum atomic E-state index is 6.15. The van der Waals surface area contributed by atoms with Crippen LogP contribution in [0.25, 0.3) is 11.3 Å². The first-order valence-electron chi connectivity index (χ1n) is 9.40. The van der Waals surface area contributed by atoms with Gasteiger partial charge in [-0.05, 0) is 32.4 Å². The fourth-order valence-corrected chi connectivity index (χ4v) is 3.53. The number of hydrogen-bond donors (Lipinski definition) is 0. The molecule has 2 saturated heterocycles. The molecule has 2 aliphatic rings. The van der Waals surface area contributed by atoms with Crippen molar-refractivity contribution in [2.45, 2.75) is 38.7 Å². The highest BCUT2D eigenvalue weighted by Gasteiger charge is 2.26. The Hall–Kier alpha value is -1.95. The molecule has 5 heteroatoms. The molecule has 26 heavy (non-hydrogen) atoms. The highest BCUT2D eigenvalue weighted by Crippen LogP contribution is 2.28. The lowest BCUT2D eigenvalue weighted by molar-refractivity contribution is -0.0440. The SMILES string of the molecule is CC(C)N1CCC(Oc2cccc(-c3cccc(C4OCCO4)c3)n2)C1. The fourth-order valence-electron chi connectivity index (χ4n) is 3.53. The number of pyridine rings is 1. The maximum absolute atomic E-state index is 6.15. The van der Waals surface area contributed by atoms with Crippen LogP contribution >= 0.6 is 0 Å². The molecule has 0 aliphatic carbocycles. The molecule has 5 nitrogen and oxygen atoms in total. The number of benzene rings is 1. The summed E-state index contributed by atoms with van der Waals surface area (Å²) < 4.78 is 17.3. The summed E-state index contributed by atoms with van der Waals surface area (Å²) in [5, 5.41) is 0. The third kappa shape index (κ3) is 3.90. The minimum atomic E-state index is -0.269. The fraction of sp³-hybridized carbons (Fsp3) is 0.476. The van der Waals surface area contributed by atoms with Crippen LogP contribution in [0.15, 0.2) is 42.5 Å². The number of hydrogen-bond acceptors (Lipinski definition) is 5. The Balaban J connectivity index is 1.48. The normalized spacial score (nSPS) is 21.6. The second-order valence-electron chi connectivity index (χ2n) is 7.18. The molecule has 2 aromatic rings. The molecule has 0 N–H and O–H groups in total. The summed E-state index contributed by atoms with van der Waals surface area (Å²) in [6, 6.07) is 14.7. The average molecular weight is 354 g/mol. The Morgan fingerprint density at radius 2 is 1.92 bits per heavy atom. The zero-order chi connectivity index (χ0) is 17.9. The highest BCUT2D eigenvalue weighted by atomic mass is 16.7. The van der Waals surface area contributed by atoms with Crippen LogP contribution in [0.2, 0.25) is 0 Å². The predicted octanol–water partition coefficient (Wildman–Crippen LogP) is 3.66. The summed E-state index contributed by atoms with van der Waals surface area (Å²) in [5.41, 5.74) is 2.97. The van der Waals surface area contributed by atoms with Crippen LogP contribution in [-0.4, -0.2) is 48.3 Å². The summed E-state index contributed by atoms with van der Waals surface area (Å²) in [4.78, 5) is 7.17. The molecule has 2 fully saturated rings. The average Bonchev–Trinajstić information content (AvgIpc) is 3.34. The maximum Gasteiger partial charge on any atom is 0.214 e. The molecule has 0 radical (unpaired) electrons. The van der Waals surface area contributed by atoms with E-state index in [1.54, 1.807) is 0 Å². The van der Waals surface area contributed by atoms with Gasteiger partial charge in [-0.2, -0.15) is 0 Å². The van der Waals surface area contributed by atoms with E-state index in [-0.39, 0.29) is 12.4 Å². The first-order valence-corrected chi connectivity index (χ1v) is 9.40. The molecule has 1 unspecified atom stereocenters. The van der Waals surface area contributed by atoms with Gasteiger partial charge < -0.3 is 14.2 Å². The van der Waals surface area contributed by atoms with Crippen LogP contribution in [0.3, 0.4) is 0 Å². The van der Waals surface area contributed by atoms with Crippen molar-refractivity contribution in [3.05, 3.63) is 48.0 Å². The van der Waals surface area contributed by atoms with Crippen molar-refractivity contribution in [2.24, 2.45) is 0 Å². The van der Waals surface area contributed by atoms with Crippen molar-refractivity contribution >= 4 is 0 Å². The third-order valence-electron chi connectivity index (χ3n) is 4.99. The molecular formula is C21H26N2O3. The number of aromatic nitrogens is 1. The van der Waals surface area contributed by atoms with Gasteiger partial charge >= 0.3 is 0 Å². The van der Waals surface area contributed by atoms with E-state index in [4.69, 9.17) is 19.2 Å². The quantitative estimate of drug-likeness (QED) is 0.820. The standard InChI is InChI=1S/C21H26N2O3/c1-15(2)23-10-9-18(14-23)26-20-8-4-7-19(22-20)16-5-3-6-17(13-16)21-24-11-12-25-21/h3-8,13,15,18,21H,9-12,14H2,1-2H3. The lowest BCUT2D eigenvalue weighted by Crippen LogP contribution is -2.30. The first-order chi connectivity index (χ1) is 12.7. The van der Waals surface area contributed by atoms with Crippen LogP contribution in [0, 0.1) is 0 Å². The molecule has 138 valence electrons. The lowest BCUT2D eigenvalue weighted by Gasteiger charge is -2.20. The van der Waals surface area contributed by atoms with E-state index >= 15 is 0 Å². The van der Waals surface area contributed by atoms with E-state index < -0.39 is 0 Å². The van der Waals surface area contributed by atoms with Crippen LogP contribution in [0.4, 0.5) is 0 Å². The van der Waals surface area contributed by atoms with Gasteiger partial charge in [0, 0.05) is 36.3 Å². The van der Waals surface area contributed by atoms with Crippen LogP contribution < -0.4 is 4.74 Å². The molecule has 0 spiro atoms. The second-order valence-corrected chi connectivity index (χ2v) is 7.18. The Labute approximate surface area is 154 Å². The lowest BCUT2D eigenvalue weighted by atomic mass is 10.1. The highest BCUT2D eigenvalue weighted by molar-refractivity contribution is 5.60. The van der Waals surface area contributed by atoms with Gasteiger partial charge in [0.05, 0.1) is 18.9 Å². The van der Waals surface area contributed by atoms with E-state index in [0.717, 1.165) is 36.3 Å². The van der Waals surface area contributed by atoms with E-state index in [1.165, 1.54) is 0 Å². The van der Waals surface area contributed by atoms with E-state index in [1.807, 2.05) is 30.3 Å². The van der Waals surface area contributed by atoms with Gasteiger partial charge in [0.2, 0.25) is 5.88 Å². The topological polar surface area (TPSA) is 43.8 Å². The molecule has 4 rings (SSSR count). The zero-order valence-corrected chi connectivity index (χ0v) is 15.4. The summed E-state index contributed by atoms with van der Waals surface area (Å²) >= 11 is 0. The smallest absolute Gasteiger partial charge is 0.214 e. The molecule has 0 bridgehead atoms. The molecule has 2 aliphatic heterocycles. The molecule has 1 aromatic heterocycles. The Bertz CT molecular complexity index is 744. The van der Waals surface area contributed by atoms with Crippen molar-refractivity contribution in [2.75, 3.05) is 26.3 Å². The van der Waals surface area contributed by atoms with Gasteiger partial charge in [0.1, 0.15) is 6.10 Å². The first kappa shape index (κ1) is 17.5. The third-order valence-corrected chi connectivity index (χ3v) is 4.99. The number of nitrogens with zero attached hydrogens (tertiary/aromatic N) is 2. The molecule has 3 heterocycles. The van der Waals surface area contributed by atoms with E-state index in [2.05, 4.69) is 30.9 Å². The van der Waals surface area contributed by atoms with Crippen molar-refractivity contribution < 1.29 is 14.2 Å². The Kier molecular flexibility index (Phi) is 5.20. The van der Waals surface area contributed by atoms with Gasteiger partial charge in [-0.15, -0.1) is 0 Å². The van der Waals surface area contributed by atoms with Gasteiger partial charge in [-0.3, -0.25) is 4.90 Å². The summed E-state index contributed by atoms with van der Waals surface area (Å²) in [5.74, 6) is 0.692. The van der Waals surface area contributed by atoms with E-state index in [0.29, 0.717) is 25.1 Å². The number of ether oxygens (including phenoxy) is 3. The van der Waals surface area contributed by atoms with Crippen LogP contribution in [0.1, 0.15) is 32.1 Å². The van der Waals surface area contributed by atoms with Gasteiger partial charge in [0.15, 0.2) is 6.29 Å².